The molecule has 0 aliphatic carbocycles. The molecule has 0 bridgehead atoms. The molecular weight excluding hydrogens is 254 g/mol. The molecule has 1 aromatic heterocycles. The summed E-state index contributed by atoms with van der Waals surface area (Å²) in [5.74, 6) is -0.112. The van der Waals surface area contributed by atoms with Crippen molar-refractivity contribution in [3.05, 3.63) is 48.3 Å². The van der Waals surface area contributed by atoms with E-state index >= 15 is 0 Å². The van der Waals surface area contributed by atoms with Gasteiger partial charge in [-0.25, -0.2) is 4.68 Å². The smallest absolute Gasteiger partial charge is 0.253 e. The van der Waals surface area contributed by atoms with E-state index in [4.69, 9.17) is 0 Å². The summed E-state index contributed by atoms with van der Waals surface area (Å²) >= 11 is 0. The van der Waals surface area contributed by atoms with E-state index in [1.165, 1.54) is 4.90 Å². The summed E-state index contributed by atoms with van der Waals surface area (Å²) in [7, 11) is 1.68. The molecule has 1 heterocycles. The van der Waals surface area contributed by atoms with Gasteiger partial charge in [0.2, 0.25) is 0 Å². The number of hydrogen-bond acceptors (Lipinski definition) is 3. The fraction of sp³-hybridized carbons (Fsp3) is 0.333. The number of hydrogen-bond donors (Lipinski definition) is 1. The molecule has 1 aromatic carbocycles. The largest absolute Gasteiger partial charge is 0.389 e. The third kappa shape index (κ3) is 3.45. The maximum absolute atomic E-state index is 12.2. The van der Waals surface area contributed by atoms with Crippen LogP contribution < -0.4 is 0 Å². The van der Waals surface area contributed by atoms with Crippen molar-refractivity contribution in [3.63, 3.8) is 0 Å². The van der Waals surface area contributed by atoms with E-state index in [1.54, 1.807) is 43.9 Å². The van der Waals surface area contributed by atoms with Gasteiger partial charge in [-0.15, -0.1) is 0 Å². The van der Waals surface area contributed by atoms with E-state index in [0.29, 0.717) is 5.56 Å². The van der Waals surface area contributed by atoms with E-state index in [-0.39, 0.29) is 12.5 Å². The molecule has 0 fully saturated rings. The molecule has 20 heavy (non-hydrogen) atoms. The molecule has 0 atom stereocenters. The van der Waals surface area contributed by atoms with E-state index in [1.807, 2.05) is 24.4 Å². The van der Waals surface area contributed by atoms with Crippen LogP contribution in [-0.2, 0) is 0 Å². The Morgan fingerprint density at radius 1 is 1.35 bits per heavy atom. The monoisotopic (exact) mass is 273 g/mol. The van der Waals surface area contributed by atoms with Crippen LogP contribution >= 0.6 is 0 Å². The molecule has 1 N–H and O–H groups in total. The van der Waals surface area contributed by atoms with Crippen molar-refractivity contribution in [1.82, 2.24) is 14.7 Å². The number of aromatic nitrogens is 2. The quantitative estimate of drug-likeness (QED) is 0.922. The highest BCUT2D eigenvalue weighted by atomic mass is 16.3. The van der Waals surface area contributed by atoms with Crippen LogP contribution in [0.15, 0.2) is 42.7 Å². The lowest BCUT2D eigenvalue weighted by Crippen LogP contribution is -2.39. The zero-order valence-electron chi connectivity index (χ0n) is 11.9. The first-order valence-electron chi connectivity index (χ1n) is 6.45. The Labute approximate surface area is 118 Å². The molecular formula is C15H19N3O2. The van der Waals surface area contributed by atoms with Crippen molar-refractivity contribution in [2.24, 2.45) is 0 Å². The van der Waals surface area contributed by atoms with Gasteiger partial charge < -0.3 is 10.0 Å². The lowest BCUT2D eigenvalue weighted by molar-refractivity contribution is 0.0368. The van der Waals surface area contributed by atoms with Crippen molar-refractivity contribution in [3.8, 4) is 5.69 Å². The second-order valence-electron chi connectivity index (χ2n) is 5.47. The average Bonchev–Trinajstić information content (AvgIpc) is 2.90. The van der Waals surface area contributed by atoms with E-state index in [9.17, 15) is 9.90 Å². The zero-order chi connectivity index (χ0) is 14.8. The second kappa shape index (κ2) is 5.46. The van der Waals surface area contributed by atoms with E-state index in [0.717, 1.165) is 5.69 Å². The van der Waals surface area contributed by atoms with Crippen molar-refractivity contribution < 1.29 is 9.90 Å². The van der Waals surface area contributed by atoms with Gasteiger partial charge in [-0.3, -0.25) is 4.79 Å². The Hall–Kier alpha value is -2.14. The molecule has 0 spiro atoms. The third-order valence-electron chi connectivity index (χ3n) is 2.85. The van der Waals surface area contributed by atoms with Gasteiger partial charge in [-0.1, -0.05) is 0 Å². The number of carbonyl (C=O) groups excluding carboxylic acids is 1. The lowest BCUT2D eigenvalue weighted by atomic mass is 10.1. The Morgan fingerprint density at radius 3 is 2.50 bits per heavy atom. The predicted octanol–water partition coefficient (Wildman–Crippen LogP) is 1.72. The summed E-state index contributed by atoms with van der Waals surface area (Å²) in [5.41, 5.74) is 0.587. The summed E-state index contributed by atoms with van der Waals surface area (Å²) in [6.45, 7) is 3.64. The summed E-state index contributed by atoms with van der Waals surface area (Å²) in [4.78, 5) is 13.7. The average molecular weight is 273 g/mol. The second-order valence-corrected chi connectivity index (χ2v) is 5.47. The van der Waals surface area contributed by atoms with Crippen molar-refractivity contribution >= 4 is 5.91 Å². The number of carbonyl (C=O) groups is 1. The van der Waals surface area contributed by atoms with Gasteiger partial charge in [0.15, 0.2) is 0 Å². The van der Waals surface area contributed by atoms with Gasteiger partial charge in [0.25, 0.3) is 5.91 Å². The first-order chi connectivity index (χ1) is 9.37. The number of rotatable bonds is 4. The van der Waals surface area contributed by atoms with E-state index in [2.05, 4.69) is 5.10 Å². The lowest BCUT2D eigenvalue weighted by Gasteiger charge is -2.25. The topological polar surface area (TPSA) is 58.4 Å². The Balaban J connectivity index is 2.12. The van der Waals surface area contributed by atoms with Gasteiger partial charge in [0, 0.05) is 31.5 Å². The highest BCUT2D eigenvalue weighted by molar-refractivity contribution is 5.94. The van der Waals surface area contributed by atoms with Crippen molar-refractivity contribution in [2.75, 3.05) is 13.6 Å². The van der Waals surface area contributed by atoms with E-state index < -0.39 is 5.60 Å². The molecule has 5 heteroatoms. The molecule has 2 rings (SSSR count). The highest BCUT2D eigenvalue weighted by Crippen LogP contribution is 2.12. The molecule has 0 unspecified atom stereocenters. The number of likely N-dealkylation sites (N-methyl/N-ethyl adjacent to an activating group) is 1. The van der Waals surface area contributed by atoms with Gasteiger partial charge in [0.05, 0.1) is 11.3 Å². The molecule has 0 radical (unpaired) electrons. The number of amides is 1. The van der Waals surface area contributed by atoms with Crippen molar-refractivity contribution in [1.29, 1.82) is 0 Å². The molecule has 0 aliphatic rings. The third-order valence-corrected chi connectivity index (χ3v) is 2.85. The summed E-state index contributed by atoms with van der Waals surface area (Å²) in [5, 5.41) is 13.9. The standard InChI is InChI=1S/C15H19N3O2/c1-15(2,20)11-17(3)14(19)12-5-7-13(8-6-12)18-10-4-9-16-18/h4-10,20H,11H2,1-3H3. The van der Waals surface area contributed by atoms with Gasteiger partial charge in [0.1, 0.15) is 0 Å². The fourth-order valence-electron chi connectivity index (χ4n) is 2.05. The zero-order valence-corrected chi connectivity index (χ0v) is 11.9. The van der Waals surface area contributed by atoms with Crippen LogP contribution in [0.1, 0.15) is 24.2 Å². The Morgan fingerprint density at radius 2 is 2.00 bits per heavy atom. The van der Waals surface area contributed by atoms with Crippen LogP contribution in [0.4, 0.5) is 0 Å². The predicted molar refractivity (Wildman–Crippen MR) is 76.8 cm³/mol. The maximum atomic E-state index is 12.2. The highest BCUT2D eigenvalue weighted by Gasteiger charge is 2.20. The first-order valence-corrected chi connectivity index (χ1v) is 6.45. The number of benzene rings is 1. The minimum Gasteiger partial charge on any atom is -0.389 e. The summed E-state index contributed by atoms with van der Waals surface area (Å²) < 4.78 is 1.73. The van der Waals surface area contributed by atoms with Crippen LogP contribution in [0.25, 0.3) is 5.69 Å². The maximum Gasteiger partial charge on any atom is 0.253 e. The minimum atomic E-state index is -0.903. The molecule has 2 aromatic rings. The number of nitrogens with zero attached hydrogens (tertiary/aromatic N) is 3. The van der Waals surface area contributed by atoms with Crippen LogP contribution in [0, 0.1) is 0 Å². The summed E-state index contributed by atoms with van der Waals surface area (Å²) in [6.07, 6.45) is 3.55. The first kappa shape index (κ1) is 14.3. The Kier molecular flexibility index (Phi) is 3.90. The fourth-order valence-corrected chi connectivity index (χ4v) is 2.05. The van der Waals surface area contributed by atoms with Gasteiger partial charge in [-0.05, 0) is 44.2 Å². The van der Waals surface area contributed by atoms with Crippen LogP contribution in [0.3, 0.4) is 0 Å². The van der Waals surface area contributed by atoms with Crippen molar-refractivity contribution in [2.45, 2.75) is 19.4 Å². The molecule has 1 amide bonds. The van der Waals surface area contributed by atoms with Crippen LogP contribution in [0.2, 0.25) is 0 Å². The summed E-state index contributed by atoms with van der Waals surface area (Å²) in [6, 6.07) is 9.06. The molecule has 0 saturated carbocycles. The number of aliphatic hydroxyl groups is 1. The molecule has 0 saturated heterocycles. The Bertz CT molecular complexity index is 568. The molecule has 5 nitrogen and oxygen atoms in total. The van der Waals surface area contributed by atoms with Gasteiger partial charge >= 0.3 is 0 Å². The molecule has 106 valence electrons. The minimum absolute atomic E-state index is 0.112. The van der Waals surface area contributed by atoms with Gasteiger partial charge in [-0.2, -0.15) is 5.10 Å². The molecule has 0 aliphatic heterocycles. The van der Waals surface area contributed by atoms with Crippen LogP contribution in [-0.4, -0.2) is 44.9 Å². The SMILES string of the molecule is CN(CC(C)(C)O)C(=O)c1ccc(-n2cccn2)cc1. The van der Waals surface area contributed by atoms with Crippen LogP contribution in [0.5, 0.6) is 0 Å². The normalized spacial score (nSPS) is 11.4.